The van der Waals surface area contributed by atoms with Gasteiger partial charge in [0.05, 0.1) is 6.10 Å². The second kappa shape index (κ2) is 3.94. The lowest BCUT2D eigenvalue weighted by Gasteiger charge is -2.27. The molecule has 1 fully saturated rings. The van der Waals surface area contributed by atoms with Crippen molar-refractivity contribution in [1.29, 1.82) is 0 Å². The van der Waals surface area contributed by atoms with E-state index in [9.17, 15) is 0 Å². The molecule has 2 heteroatoms. The highest BCUT2D eigenvalue weighted by Gasteiger charge is 2.20. The van der Waals surface area contributed by atoms with E-state index in [1.807, 2.05) is 0 Å². The van der Waals surface area contributed by atoms with Crippen molar-refractivity contribution in [3.05, 3.63) is 0 Å². The van der Waals surface area contributed by atoms with Gasteiger partial charge in [-0.05, 0) is 18.8 Å². The average molecular weight is 144 g/mol. The molecule has 0 aromatic carbocycles. The van der Waals surface area contributed by atoms with Crippen molar-refractivity contribution in [2.24, 2.45) is 5.92 Å². The van der Waals surface area contributed by atoms with E-state index >= 15 is 0 Å². The van der Waals surface area contributed by atoms with Gasteiger partial charge in [0.15, 0.2) is 0 Å². The Hall–Kier alpha value is -0.0800. The van der Waals surface area contributed by atoms with Crippen LogP contribution in [0, 0.1) is 5.92 Å². The number of hydrogen-bond acceptors (Lipinski definition) is 2. The van der Waals surface area contributed by atoms with Crippen molar-refractivity contribution < 1.29 is 9.84 Å². The van der Waals surface area contributed by atoms with Crippen LogP contribution in [0.1, 0.15) is 32.6 Å². The summed E-state index contributed by atoms with van der Waals surface area (Å²) in [6, 6.07) is 0. The van der Waals surface area contributed by atoms with E-state index in [1.165, 1.54) is 19.3 Å². The molecule has 1 rings (SSSR count). The van der Waals surface area contributed by atoms with E-state index in [4.69, 9.17) is 9.84 Å². The molecule has 60 valence electrons. The quantitative estimate of drug-likeness (QED) is 0.595. The summed E-state index contributed by atoms with van der Waals surface area (Å²) in [7, 11) is 0. The second-order valence-electron chi connectivity index (χ2n) is 3.10. The van der Waals surface area contributed by atoms with Crippen molar-refractivity contribution in [2.45, 2.75) is 38.7 Å². The minimum atomic E-state index is -0.116. The van der Waals surface area contributed by atoms with Crippen LogP contribution in [0.25, 0.3) is 0 Å². The summed E-state index contributed by atoms with van der Waals surface area (Å²) in [5.41, 5.74) is 0. The lowest BCUT2D eigenvalue weighted by Crippen LogP contribution is -2.25. The first kappa shape index (κ1) is 8.02. The van der Waals surface area contributed by atoms with Gasteiger partial charge in [-0.2, -0.15) is 0 Å². The number of rotatable bonds is 2. The molecule has 0 amide bonds. The zero-order chi connectivity index (χ0) is 7.40. The van der Waals surface area contributed by atoms with Gasteiger partial charge in [-0.1, -0.05) is 19.8 Å². The van der Waals surface area contributed by atoms with Crippen LogP contribution >= 0.6 is 0 Å². The van der Waals surface area contributed by atoms with Crippen molar-refractivity contribution in [2.75, 3.05) is 6.79 Å². The highest BCUT2D eigenvalue weighted by atomic mass is 16.6. The summed E-state index contributed by atoms with van der Waals surface area (Å²) >= 11 is 0. The topological polar surface area (TPSA) is 29.5 Å². The molecule has 0 aromatic heterocycles. The summed E-state index contributed by atoms with van der Waals surface area (Å²) in [6.45, 7) is 2.08. The van der Waals surface area contributed by atoms with Gasteiger partial charge < -0.3 is 9.84 Å². The molecule has 1 aliphatic carbocycles. The highest BCUT2D eigenvalue weighted by Crippen LogP contribution is 2.25. The Morgan fingerprint density at radius 1 is 1.40 bits per heavy atom. The maximum Gasteiger partial charge on any atom is 0.143 e. The van der Waals surface area contributed by atoms with E-state index < -0.39 is 0 Å². The predicted molar refractivity (Wildman–Crippen MR) is 39.6 cm³/mol. The maximum atomic E-state index is 8.51. The Labute approximate surface area is 62.2 Å². The Morgan fingerprint density at radius 2 is 2.10 bits per heavy atom. The van der Waals surface area contributed by atoms with Crippen molar-refractivity contribution in [3.63, 3.8) is 0 Å². The van der Waals surface area contributed by atoms with Gasteiger partial charge in [0, 0.05) is 0 Å². The van der Waals surface area contributed by atoms with Crippen LogP contribution in [0.15, 0.2) is 0 Å². The van der Waals surface area contributed by atoms with Crippen LogP contribution in [0.3, 0.4) is 0 Å². The third-order valence-electron chi connectivity index (χ3n) is 2.32. The summed E-state index contributed by atoms with van der Waals surface area (Å²) in [5.74, 6) is 0.640. The fraction of sp³-hybridized carbons (Fsp3) is 1.00. The minimum absolute atomic E-state index is 0.116. The summed E-state index contributed by atoms with van der Waals surface area (Å²) in [6.07, 6.45) is 5.28. The van der Waals surface area contributed by atoms with Gasteiger partial charge >= 0.3 is 0 Å². The molecular formula is C8H16O2. The first-order valence-corrected chi connectivity index (χ1v) is 4.07. The minimum Gasteiger partial charge on any atom is -0.371 e. The van der Waals surface area contributed by atoms with Crippen LogP contribution in [-0.4, -0.2) is 18.0 Å². The number of aliphatic hydroxyl groups excluding tert-OH is 1. The maximum absolute atomic E-state index is 8.51. The normalized spacial score (nSPS) is 34.2. The van der Waals surface area contributed by atoms with E-state index in [-0.39, 0.29) is 6.79 Å². The molecule has 1 saturated carbocycles. The zero-order valence-electron chi connectivity index (χ0n) is 6.55. The van der Waals surface area contributed by atoms with Crippen LogP contribution in [0.5, 0.6) is 0 Å². The number of aliphatic hydroxyl groups is 1. The zero-order valence-corrected chi connectivity index (χ0v) is 6.55. The van der Waals surface area contributed by atoms with Crippen molar-refractivity contribution in [3.8, 4) is 0 Å². The molecule has 2 atom stereocenters. The molecule has 0 spiro atoms. The standard InChI is InChI=1S/C8H16O2/c1-7-4-2-3-5-8(7)10-6-9/h7-9H,2-6H2,1H3. The molecule has 0 bridgehead atoms. The monoisotopic (exact) mass is 144 g/mol. The Kier molecular flexibility index (Phi) is 3.16. The van der Waals surface area contributed by atoms with Crippen LogP contribution in [0.4, 0.5) is 0 Å². The number of ether oxygens (including phenoxy) is 1. The van der Waals surface area contributed by atoms with Crippen molar-refractivity contribution >= 4 is 0 Å². The molecule has 0 saturated heterocycles. The van der Waals surface area contributed by atoms with Crippen molar-refractivity contribution in [1.82, 2.24) is 0 Å². The lowest BCUT2D eigenvalue weighted by molar-refractivity contribution is -0.0822. The van der Waals surface area contributed by atoms with Crippen LogP contribution in [-0.2, 0) is 4.74 Å². The lowest BCUT2D eigenvalue weighted by atomic mass is 9.88. The van der Waals surface area contributed by atoms with Crippen LogP contribution < -0.4 is 0 Å². The fourth-order valence-corrected chi connectivity index (χ4v) is 1.63. The second-order valence-corrected chi connectivity index (χ2v) is 3.10. The predicted octanol–water partition coefficient (Wildman–Crippen LogP) is 1.53. The summed E-state index contributed by atoms with van der Waals surface area (Å²) in [5, 5.41) is 8.51. The van der Waals surface area contributed by atoms with E-state index in [2.05, 4.69) is 6.92 Å². The molecule has 0 aliphatic heterocycles. The van der Waals surface area contributed by atoms with Gasteiger partial charge in [-0.15, -0.1) is 0 Å². The third kappa shape index (κ3) is 1.96. The molecule has 1 aliphatic rings. The SMILES string of the molecule is CC1CCCCC1OCO. The van der Waals surface area contributed by atoms with Gasteiger partial charge in [-0.3, -0.25) is 0 Å². The molecular weight excluding hydrogens is 128 g/mol. The van der Waals surface area contributed by atoms with Gasteiger partial charge in [0.2, 0.25) is 0 Å². The first-order valence-electron chi connectivity index (χ1n) is 4.07. The Morgan fingerprint density at radius 3 is 2.70 bits per heavy atom. The Balaban J connectivity index is 2.25. The molecule has 2 unspecified atom stereocenters. The molecule has 0 heterocycles. The first-order chi connectivity index (χ1) is 4.84. The van der Waals surface area contributed by atoms with Gasteiger partial charge in [0.1, 0.15) is 6.79 Å². The molecule has 1 N–H and O–H groups in total. The van der Waals surface area contributed by atoms with Gasteiger partial charge in [-0.25, -0.2) is 0 Å². The third-order valence-corrected chi connectivity index (χ3v) is 2.32. The van der Waals surface area contributed by atoms with Crippen LogP contribution in [0.2, 0.25) is 0 Å². The smallest absolute Gasteiger partial charge is 0.143 e. The largest absolute Gasteiger partial charge is 0.371 e. The summed E-state index contributed by atoms with van der Waals surface area (Å²) < 4.78 is 5.15. The van der Waals surface area contributed by atoms with Gasteiger partial charge in [0.25, 0.3) is 0 Å². The Bertz CT molecular complexity index is 91.3. The average Bonchev–Trinajstić information content (AvgIpc) is 1.94. The molecule has 0 aromatic rings. The molecule has 2 nitrogen and oxygen atoms in total. The fourth-order valence-electron chi connectivity index (χ4n) is 1.63. The van der Waals surface area contributed by atoms with E-state index in [1.54, 1.807) is 0 Å². The van der Waals surface area contributed by atoms with E-state index in [0.29, 0.717) is 12.0 Å². The summed E-state index contributed by atoms with van der Waals surface area (Å²) in [4.78, 5) is 0. The van der Waals surface area contributed by atoms with E-state index in [0.717, 1.165) is 6.42 Å². The highest BCUT2D eigenvalue weighted by molar-refractivity contribution is 4.71. The molecule has 0 radical (unpaired) electrons. The molecule has 10 heavy (non-hydrogen) atoms. The number of hydrogen-bond donors (Lipinski definition) is 1.